The van der Waals surface area contributed by atoms with Crippen LogP contribution < -0.4 is 21.0 Å². The van der Waals surface area contributed by atoms with Crippen LogP contribution in [0.5, 0.6) is 5.75 Å². The maximum Gasteiger partial charge on any atom is 0.437 e. The Hall–Kier alpha value is -7.31. The highest BCUT2D eigenvalue weighted by Gasteiger charge is 2.45. The van der Waals surface area contributed by atoms with Gasteiger partial charge in [-0.05, 0) is 123 Å². The number of benzene rings is 4. The summed E-state index contributed by atoms with van der Waals surface area (Å²) in [6.07, 6.45) is 1.74. The van der Waals surface area contributed by atoms with Gasteiger partial charge in [0.2, 0.25) is 17.4 Å². The van der Waals surface area contributed by atoms with E-state index in [1.807, 2.05) is 44.2 Å². The molecular formula is C57H63F2N7O8S. The number of aromatic nitrogens is 3. The average Bonchev–Trinajstić information content (AvgIpc) is 4.05. The molecule has 4 aromatic carbocycles. The summed E-state index contributed by atoms with van der Waals surface area (Å²) in [5.74, 6) is -3.98. The normalized spacial score (nSPS) is 17.8. The van der Waals surface area contributed by atoms with Gasteiger partial charge < -0.3 is 39.2 Å². The van der Waals surface area contributed by atoms with Crippen molar-refractivity contribution < 1.29 is 47.3 Å². The number of hydrogen-bond acceptors (Lipinski definition) is 10. The number of fused-ring (bicyclic) bond motifs is 1. The van der Waals surface area contributed by atoms with Crippen LogP contribution in [0.15, 0.2) is 95.7 Å². The molecule has 15 nitrogen and oxygen atoms in total. The van der Waals surface area contributed by atoms with Gasteiger partial charge in [0.25, 0.3) is 5.91 Å². The fraction of sp³-hybridized carbons (Fsp3) is 0.386. The molecule has 0 unspecified atom stereocenters. The molecule has 394 valence electrons. The molecule has 0 radical (unpaired) electrons. The van der Waals surface area contributed by atoms with Gasteiger partial charge in [-0.1, -0.05) is 57.2 Å². The van der Waals surface area contributed by atoms with E-state index in [9.17, 15) is 33.5 Å². The summed E-state index contributed by atoms with van der Waals surface area (Å²) in [5, 5.41) is 16.6. The molecular weight excluding hydrogens is 981 g/mol. The molecule has 6 aromatic rings. The standard InChI is InChI=1S/C57H63F2N7O8S/c1-31-21-39(58)16-17-41(31)42-24-35(27-65-20-19-64(10)54(65)63-55(72)74-57(7,8)9)25-44-47(68)38(29-73-48(42)44)22-34-11-18-45(59)43(23-34)51(69)62-50(56(4,5)6)53(71)66-28-40(67)26-46(66)52(70)61-32(2)36-12-14-37(15-13-36)49-33(3)60-30-75-49/h11-21,23-25,30,32,38,40,46,50,67H,22,26-29H2,1-10H3,(H,61,70)(H,62,69)/t32-,38-,40+,46-,50+/m0/s1. The first-order valence-corrected chi connectivity index (χ1v) is 25.7. The summed E-state index contributed by atoms with van der Waals surface area (Å²) >= 11 is 1.54. The maximum absolute atomic E-state index is 15.8. The van der Waals surface area contributed by atoms with Crippen LogP contribution in [-0.2, 0) is 34.3 Å². The zero-order valence-electron chi connectivity index (χ0n) is 43.8. The van der Waals surface area contributed by atoms with E-state index >= 15 is 4.39 Å². The predicted molar refractivity (Wildman–Crippen MR) is 280 cm³/mol. The number of imidazole rings is 1. The van der Waals surface area contributed by atoms with Crippen molar-refractivity contribution in [3.05, 3.63) is 147 Å². The number of aliphatic hydroxyl groups is 1. The molecule has 2 aliphatic heterocycles. The van der Waals surface area contributed by atoms with Crippen molar-refractivity contribution in [3.8, 4) is 27.3 Å². The fourth-order valence-electron chi connectivity index (χ4n) is 9.61. The molecule has 0 saturated carbocycles. The van der Waals surface area contributed by atoms with Gasteiger partial charge in [-0.15, -0.1) is 16.3 Å². The monoisotopic (exact) mass is 1040 g/mol. The smallest absolute Gasteiger partial charge is 0.437 e. The van der Waals surface area contributed by atoms with E-state index < -0.39 is 76.6 Å². The second-order valence-electron chi connectivity index (χ2n) is 21.6. The van der Waals surface area contributed by atoms with E-state index in [0.717, 1.165) is 27.8 Å². The number of rotatable bonds is 12. The fourth-order valence-corrected chi connectivity index (χ4v) is 10.4. The van der Waals surface area contributed by atoms with Crippen LogP contribution in [0.2, 0.25) is 0 Å². The lowest BCUT2D eigenvalue weighted by Crippen LogP contribution is -2.58. The summed E-state index contributed by atoms with van der Waals surface area (Å²) in [5.41, 5.74) is 5.98. The van der Waals surface area contributed by atoms with Gasteiger partial charge in [-0.3, -0.25) is 19.2 Å². The molecule has 2 aliphatic rings. The number of nitrogens with one attached hydrogen (secondary N) is 2. The third kappa shape index (κ3) is 12.1. The molecule has 1 fully saturated rings. The highest BCUT2D eigenvalue weighted by molar-refractivity contribution is 7.13. The van der Waals surface area contributed by atoms with Gasteiger partial charge in [0.15, 0.2) is 5.78 Å². The van der Waals surface area contributed by atoms with Gasteiger partial charge in [-0.25, -0.2) is 18.6 Å². The lowest BCUT2D eigenvalue weighted by Gasteiger charge is -2.35. The van der Waals surface area contributed by atoms with Crippen LogP contribution in [0, 0.1) is 36.8 Å². The molecule has 75 heavy (non-hydrogen) atoms. The predicted octanol–water partition coefficient (Wildman–Crippen LogP) is 8.81. The number of ether oxygens (including phenoxy) is 2. The van der Waals surface area contributed by atoms with Crippen molar-refractivity contribution in [3.63, 3.8) is 0 Å². The van der Waals surface area contributed by atoms with Crippen LogP contribution in [0.25, 0.3) is 21.6 Å². The van der Waals surface area contributed by atoms with Crippen molar-refractivity contribution >= 4 is 40.9 Å². The number of halogens is 2. The SMILES string of the molecule is Cc1cc(F)ccc1-c1cc(Cn2ccn(C)c2=NC(=O)OC(C)(C)C)cc2c1OC[C@H](Cc1ccc(F)c(C(=O)N[C@H](C(=O)N3C[C@H](O)C[C@H]3C(=O)N[C@@H](C)c3ccc(-c4scnc4C)cc3)C(C)(C)C)c1)C2=O. The number of aryl methyl sites for hydroxylation is 3. The number of Topliss-reactive ketones (excluding diaryl/α,β-unsaturated/α-hetero) is 1. The first kappa shape index (κ1) is 54.0. The summed E-state index contributed by atoms with van der Waals surface area (Å²) in [6.45, 7) is 15.9. The first-order valence-electron chi connectivity index (χ1n) is 24.8. The van der Waals surface area contributed by atoms with E-state index in [1.54, 1.807) is 106 Å². The second kappa shape index (κ2) is 21.5. The average molecular weight is 1040 g/mol. The molecule has 2 aromatic heterocycles. The number of likely N-dealkylation sites (tertiary alicyclic amines) is 1. The van der Waals surface area contributed by atoms with Crippen LogP contribution >= 0.6 is 11.3 Å². The van der Waals surface area contributed by atoms with Crippen molar-refractivity contribution in [2.24, 2.45) is 23.4 Å². The summed E-state index contributed by atoms with van der Waals surface area (Å²) in [4.78, 5) is 80.9. The molecule has 18 heteroatoms. The Labute approximate surface area is 438 Å². The summed E-state index contributed by atoms with van der Waals surface area (Å²) in [6, 6.07) is 17.0. The molecule has 5 atom stereocenters. The number of carbonyl (C=O) groups is 5. The highest BCUT2D eigenvalue weighted by Crippen LogP contribution is 2.41. The van der Waals surface area contributed by atoms with Crippen LogP contribution in [-0.4, -0.2) is 90.7 Å². The Morgan fingerprint density at radius 2 is 1.64 bits per heavy atom. The largest absolute Gasteiger partial charge is 0.491 e. The number of thiazole rings is 1. The molecule has 0 spiro atoms. The van der Waals surface area contributed by atoms with E-state index in [2.05, 4.69) is 20.6 Å². The molecule has 0 aliphatic carbocycles. The second-order valence-corrected chi connectivity index (χ2v) is 22.4. The third-order valence-corrected chi connectivity index (χ3v) is 14.4. The van der Waals surface area contributed by atoms with Crippen LogP contribution in [0.3, 0.4) is 0 Å². The topological polar surface area (TPSA) is 186 Å². The molecule has 4 heterocycles. The lowest BCUT2D eigenvalue weighted by molar-refractivity contribution is -0.142. The quantitative estimate of drug-likeness (QED) is 0.108. The van der Waals surface area contributed by atoms with Gasteiger partial charge in [-0.2, -0.15) is 0 Å². The maximum atomic E-state index is 15.8. The van der Waals surface area contributed by atoms with Crippen molar-refractivity contribution in [1.29, 1.82) is 0 Å². The zero-order valence-corrected chi connectivity index (χ0v) is 44.6. The number of nitrogens with zero attached hydrogens (tertiary/aromatic N) is 5. The Morgan fingerprint density at radius 1 is 0.920 bits per heavy atom. The molecule has 3 N–H and O–H groups in total. The van der Waals surface area contributed by atoms with Crippen molar-refractivity contribution in [2.75, 3.05) is 13.2 Å². The Bertz CT molecular complexity index is 3260. The number of ketones is 1. The van der Waals surface area contributed by atoms with E-state index in [0.29, 0.717) is 39.2 Å². The van der Waals surface area contributed by atoms with E-state index in [1.165, 1.54) is 29.2 Å². The summed E-state index contributed by atoms with van der Waals surface area (Å²) < 4.78 is 45.4. The molecule has 0 bridgehead atoms. The minimum atomic E-state index is -1.25. The molecule has 8 rings (SSSR count). The molecule has 1 saturated heterocycles. The summed E-state index contributed by atoms with van der Waals surface area (Å²) in [7, 11) is 1.74. The minimum Gasteiger partial charge on any atom is -0.491 e. The van der Waals surface area contributed by atoms with Gasteiger partial charge in [0.05, 0.1) is 58.4 Å². The molecule has 4 amide bonds. The van der Waals surface area contributed by atoms with Gasteiger partial charge >= 0.3 is 6.09 Å². The third-order valence-electron chi connectivity index (χ3n) is 13.5. The number of aliphatic hydroxyl groups excluding tert-OH is 1. The Kier molecular flexibility index (Phi) is 15.5. The number of carbonyl (C=O) groups excluding carboxylic acids is 5. The Balaban J connectivity index is 1.01. The lowest BCUT2D eigenvalue weighted by atomic mass is 9.85. The number of amides is 4. The van der Waals surface area contributed by atoms with Crippen LogP contribution in [0.4, 0.5) is 13.6 Å². The van der Waals surface area contributed by atoms with Crippen molar-refractivity contribution in [1.82, 2.24) is 29.7 Å². The van der Waals surface area contributed by atoms with E-state index in [4.69, 9.17) is 9.47 Å². The first-order chi connectivity index (χ1) is 35.3. The minimum absolute atomic E-state index is 0.0169. The van der Waals surface area contributed by atoms with E-state index in [-0.39, 0.29) is 49.4 Å². The zero-order chi connectivity index (χ0) is 54.3. The number of β-amino-alcohol motifs (C(OH)–C–C–N with tert-alkyl or cyclic N) is 1. The Morgan fingerprint density at radius 3 is 2.31 bits per heavy atom. The van der Waals surface area contributed by atoms with Gasteiger partial charge in [0.1, 0.15) is 35.1 Å². The van der Waals surface area contributed by atoms with Gasteiger partial charge in [0, 0.05) is 38.0 Å². The highest BCUT2D eigenvalue weighted by atomic mass is 32.1. The number of hydrogen-bond donors (Lipinski definition) is 3. The van der Waals surface area contributed by atoms with Crippen LogP contribution in [0.1, 0.15) is 110 Å². The van der Waals surface area contributed by atoms with Crippen molar-refractivity contribution in [2.45, 2.75) is 112 Å².